The van der Waals surface area contributed by atoms with Gasteiger partial charge < -0.3 is 15.7 Å². The number of nitrogens with two attached hydrogens (primary N) is 1. The molecule has 1 heterocycles. The van der Waals surface area contributed by atoms with Crippen LogP contribution in [0.5, 0.6) is 0 Å². The summed E-state index contributed by atoms with van der Waals surface area (Å²) in [5.41, 5.74) is 6.45. The van der Waals surface area contributed by atoms with Crippen LogP contribution in [0, 0.1) is 0 Å². The molecular formula is C18H21F3N2O4S. The van der Waals surface area contributed by atoms with Gasteiger partial charge in [0.2, 0.25) is 11.0 Å². The van der Waals surface area contributed by atoms with Crippen LogP contribution in [0.4, 0.5) is 13.2 Å². The van der Waals surface area contributed by atoms with E-state index in [0.29, 0.717) is 17.4 Å². The highest BCUT2D eigenvalue weighted by molar-refractivity contribution is 8.15. The predicted molar refractivity (Wildman–Crippen MR) is 97.6 cm³/mol. The van der Waals surface area contributed by atoms with Gasteiger partial charge in [0.05, 0.1) is 6.04 Å². The maximum absolute atomic E-state index is 13.8. The third-order valence-electron chi connectivity index (χ3n) is 4.65. The van der Waals surface area contributed by atoms with Crippen LogP contribution >= 0.6 is 11.8 Å². The van der Waals surface area contributed by atoms with Gasteiger partial charge in [0.1, 0.15) is 6.04 Å². The molecule has 0 bridgehead atoms. The first-order valence-corrected chi connectivity index (χ1v) is 9.42. The van der Waals surface area contributed by atoms with Crippen LogP contribution in [0.2, 0.25) is 0 Å². The number of carbonyl (C=O) groups excluding carboxylic acids is 2. The Kier molecular flexibility index (Phi) is 6.76. The van der Waals surface area contributed by atoms with Gasteiger partial charge in [-0.25, -0.2) is 4.79 Å². The number of halogens is 3. The second kappa shape index (κ2) is 8.52. The number of hydrogen-bond acceptors (Lipinski definition) is 5. The van der Waals surface area contributed by atoms with Crippen molar-refractivity contribution in [2.75, 3.05) is 6.54 Å². The van der Waals surface area contributed by atoms with Crippen LogP contribution in [-0.2, 0) is 20.8 Å². The van der Waals surface area contributed by atoms with Crippen molar-refractivity contribution in [1.29, 1.82) is 0 Å². The van der Waals surface area contributed by atoms with Crippen molar-refractivity contribution in [3.63, 3.8) is 0 Å². The molecule has 1 saturated heterocycles. The Hall–Kier alpha value is -2.07. The Balaban J connectivity index is 2.21. The van der Waals surface area contributed by atoms with E-state index in [0.717, 1.165) is 0 Å². The van der Waals surface area contributed by atoms with Gasteiger partial charge in [0.15, 0.2) is 4.75 Å². The van der Waals surface area contributed by atoms with Crippen molar-refractivity contribution in [1.82, 2.24) is 4.90 Å². The molecule has 2 rings (SSSR count). The van der Waals surface area contributed by atoms with E-state index in [-0.39, 0.29) is 37.6 Å². The van der Waals surface area contributed by atoms with Gasteiger partial charge in [-0.15, -0.1) is 0 Å². The summed E-state index contributed by atoms with van der Waals surface area (Å²) in [6, 6.07) is 5.98. The Morgan fingerprint density at radius 3 is 2.43 bits per heavy atom. The number of carboxylic acid groups (broad SMARTS) is 1. The summed E-state index contributed by atoms with van der Waals surface area (Å²) in [6.07, 6.45) is -4.69. The number of thioether (sulfide) groups is 1. The smallest absolute Gasteiger partial charge is 0.412 e. The van der Waals surface area contributed by atoms with Gasteiger partial charge >= 0.3 is 12.1 Å². The molecule has 1 amide bonds. The lowest BCUT2D eigenvalue weighted by molar-refractivity contribution is -0.178. The van der Waals surface area contributed by atoms with E-state index < -0.39 is 40.0 Å². The number of amides is 1. The van der Waals surface area contributed by atoms with Crippen LogP contribution in [0.1, 0.15) is 25.3 Å². The summed E-state index contributed by atoms with van der Waals surface area (Å²) >= 11 is -0.183. The van der Waals surface area contributed by atoms with E-state index in [9.17, 15) is 27.6 Å². The lowest BCUT2D eigenvalue weighted by Gasteiger charge is -2.35. The second-order valence-electron chi connectivity index (χ2n) is 6.74. The van der Waals surface area contributed by atoms with E-state index in [4.69, 9.17) is 10.8 Å². The highest BCUT2D eigenvalue weighted by Gasteiger charge is 2.61. The fourth-order valence-corrected chi connectivity index (χ4v) is 3.95. The zero-order valence-corrected chi connectivity index (χ0v) is 15.9. The molecule has 0 aliphatic carbocycles. The van der Waals surface area contributed by atoms with Crippen LogP contribution in [-0.4, -0.2) is 56.5 Å². The third-order valence-corrected chi connectivity index (χ3v) is 5.97. The Morgan fingerprint density at radius 1 is 1.29 bits per heavy atom. The van der Waals surface area contributed by atoms with E-state index >= 15 is 0 Å². The van der Waals surface area contributed by atoms with E-state index in [1.165, 1.54) is 0 Å². The topological polar surface area (TPSA) is 101 Å². The molecule has 6 nitrogen and oxygen atoms in total. The molecule has 154 valence electrons. The maximum atomic E-state index is 13.8. The van der Waals surface area contributed by atoms with E-state index in [2.05, 4.69) is 0 Å². The number of benzene rings is 1. The van der Waals surface area contributed by atoms with Crippen molar-refractivity contribution in [3.05, 3.63) is 35.9 Å². The van der Waals surface area contributed by atoms with E-state index in [1.54, 1.807) is 30.3 Å². The largest absolute Gasteiger partial charge is 0.480 e. The zero-order valence-electron chi connectivity index (χ0n) is 15.1. The Morgan fingerprint density at radius 2 is 1.89 bits per heavy atom. The number of nitrogens with zero attached hydrogens (tertiary/aromatic N) is 1. The molecule has 0 radical (unpaired) electrons. The second-order valence-corrected chi connectivity index (χ2v) is 8.17. The van der Waals surface area contributed by atoms with Crippen molar-refractivity contribution in [2.45, 2.75) is 49.2 Å². The Bertz CT molecular complexity index is 744. The number of hydrogen-bond donors (Lipinski definition) is 2. The van der Waals surface area contributed by atoms with Crippen LogP contribution in [0.15, 0.2) is 30.3 Å². The molecular weight excluding hydrogens is 397 g/mol. The number of alkyl halides is 3. The zero-order chi connectivity index (χ0) is 21.1. The molecule has 1 aromatic carbocycles. The average Bonchev–Trinajstić information content (AvgIpc) is 3.10. The molecule has 0 saturated carbocycles. The summed E-state index contributed by atoms with van der Waals surface area (Å²) in [5, 5.41) is 8.18. The summed E-state index contributed by atoms with van der Waals surface area (Å²) in [4.78, 5) is 37.0. The third kappa shape index (κ3) is 4.67. The van der Waals surface area contributed by atoms with Crippen LogP contribution in [0.25, 0.3) is 0 Å². The first-order valence-electron chi connectivity index (χ1n) is 8.60. The highest BCUT2D eigenvalue weighted by Crippen LogP contribution is 2.44. The fraction of sp³-hybridized carbons (Fsp3) is 0.500. The van der Waals surface area contributed by atoms with Crippen molar-refractivity contribution in [3.8, 4) is 0 Å². The minimum Gasteiger partial charge on any atom is -0.480 e. The van der Waals surface area contributed by atoms with Gasteiger partial charge in [0, 0.05) is 6.54 Å². The van der Waals surface area contributed by atoms with Crippen molar-refractivity contribution in [2.24, 2.45) is 5.73 Å². The highest BCUT2D eigenvalue weighted by atomic mass is 32.2. The Labute approximate surface area is 164 Å². The minimum absolute atomic E-state index is 0.0241. The lowest BCUT2D eigenvalue weighted by Crippen LogP contribution is -2.57. The first-order chi connectivity index (χ1) is 13.0. The molecule has 1 fully saturated rings. The van der Waals surface area contributed by atoms with Crippen molar-refractivity contribution >= 4 is 28.8 Å². The fourth-order valence-electron chi connectivity index (χ4n) is 2.99. The molecule has 1 aromatic rings. The van der Waals surface area contributed by atoms with Crippen LogP contribution in [0.3, 0.4) is 0 Å². The predicted octanol–water partition coefficient (Wildman–Crippen LogP) is 2.21. The molecule has 0 aromatic heterocycles. The number of carboxylic acids is 1. The van der Waals surface area contributed by atoms with Crippen LogP contribution < -0.4 is 5.73 Å². The summed E-state index contributed by atoms with van der Waals surface area (Å²) in [7, 11) is 0. The number of rotatable bonds is 6. The van der Waals surface area contributed by atoms with Crippen molar-refractivity contribution < 1.29 is 32.7 Å². The summed E-state index contributed by atoms with van der Waals surface area (Å²) < 4.78 is 38.2. The van der Waals surface area contributed by atoms with Gasteiger partial charge in [-0.05, 0) is 31.7 Å². The van der Waals surface area contributed by atoms with Gasteiger partial charge in [0.25, 0.3) is 0 Å². The quantitative estimate of drug-likeness (QED) is 0.735. The lowest BCUT2D eigenvalue weighted by atomic mass is 10.1. The molecule has 3 N–H and O–H groups in total. The number of likely N-dealkylation sites (tertiary alicyclic amines) is 1. The molecule has 1 aliphatic rings. The standard InChI is InChI=1S/C18H21F3N2O4S/c1-17(18(19,20)21,16(27)23-9-5-8-13(23)14(24)25)28-15(26)12(22)10-11-6-3-2-4-7-11/h2-4,6-7,12-13H,5,8-10,22H2,1H3,(H,24,25)/t12-,13-,17?/m0/s1. The SMILES string of the molecule is CC(SC(=O)[C@@H](N)Cc1ccccc1)(C(=O)N1CCC[C@H]1C(=O)O)C(F)(F)F. The van der Waals surface area contributed by atoms with Gasteiger partial charge in [-0.3, -0.25) is 9.59 Å². The summed E-state index contributed by atoms with van der Waals surface area (Å²) in [6.45, 7) is 0.497. The molecule has 1 unspecified atom stereocenters. The monoisotopic (exact) mass is 418 g/mol. The average molecular weight is 418 g/mol. The summed E-state index contributed by atoms with van der Waals surface area (Å²) in [5.74, 6) is -2.80. The van der Waals surface area contributed by atoms with E-state index in [1.807, 2.05) is 0 Å². The first kappa shape index (κ1) is 22.2. The molecule has 10 heteroatoms. The number of aliphatic carboxylic acids is 1. The van der Waals surface area contributed by atoms with Gasteiger partial charge in [-0.1, -0.05) is 42.1 Å². The molecule has 0 spiro atoms. The minimum atomic E-state index is -5.07. The maximum Gasteiger partial charge on any atom is 0.412 e. The molecule has 28 heavy (non-hydrogen) atoms. The molecule has 3 atom stereocenters. The normalized spacial score (nSPS) is 20.5. The molecule has 1 aliphatic heterocycles. The number of carbonyl (C=O) groups is 3. The van der Waals surface area contributed by atoms with Gasteiger partial charge in [-0.2, -0.15) is 13.2 Å².